The van der Waals surface area contributed by atoms with Crippen LogP contribution < -0.4 is 10.8 Å². The van der Waals surface area contributed by atoms with Gasteiger partial charge in [0.15, 0.2) is 15.6 Å². The highest BCUT2D eigenvalue weighted by atomic mass is 32.2. The second-order valence-corrected chi connectivity index (χ2v) is 12.8. The zero-order valence-corrected chi connectivity index (χ0v) is 21.7. The maximum Gasteiger partial charge on any atom is 0.285 e. The number of Topliss-reactive ketones (excluding diaryl/α,β-unsaturated/α-hetero) is 1. The van der Waals surface area contributed by atoms with Gasteiger partial charge in [-0.2, -0.15) is 0 Å². The van der Waals surface area contributed by atoms with Gasteiger partial charge in [0.25, 0.3) is 7.52 Å². The Morgan fingerprint density at radius 1 is 1.06 bits per heavy atom. The molecule has 0 aliphatic heterocycles. The zero-order chi connectivity index (χ0) is 25.6. The summed E-state index contributed by atoms with van der Waals surface area (Å²) in [7, 11) is -7.40. The van der Waals surface area contributed by atoms with E-state index < -0.39 is 22.9 Å². The number of ketones is 1. The summed E-state index contributed by atoms with van der Waals surface area (Å²) in [5, 5.41) is 2.66. The molecule has 1 heterocycles. The number of aromatic nitrogens is 1. The zero-order valence-electron chi connectivity index (χ0n) is 20.0. The van der Waals surface area contributed by atoms with Crippen LogP contribution in [0.4, 0.5) is 5.82 Å². The molecule has 0 saturated heterocycles. The van der Waals surface area contributed by atoms with Gasteiger partial charge in [-0.1, -0.05) is 48.9 Å². The second kappa shape index (κ2) is 11.3. The first kappa shape index (κ1) is 26.8. The Morgan fingerprint density at radius 3 is 2.31 bits per heavy atom. The Bertz CT molecular complexity index is 1330. The minimum absolute atomic E-state index is 0.00841. The lowest BCUT2D eigenvalue weighted by molar-refractivity contribution is 0.0993. The number of benzene rings is 2. The molecule has 186 valence electrons. The summed E-state index contributed by atoms with van der Waals surface area (Å²) in [4.78, 5) is 17.2. The Hall–Kier alpha value is -2.84. The summed E-state index contributed by atoms with van der Waals surface area (Å²) in [6.07, 6.45) is 1.66. The molecule has 10 heteroatoms. The van der Waals surface area contributed by atoms with E-state index in [4.69, 9.17) is 10.3 Å². The number of nitrogens with one attached hydrogen (secondary N) is 1. The first-order valence-corrected chi connectivity index (χ1v) is 14.7. The van der Waals surface area contributed by atoms with Crippen LogP contribution in [-0.4, -0.2) is 37.8 Å². The van der Waals surface area contributed by atoms with E-state index in [0.29, 0.717) is 17.7 Å². The lowest BCUT2D eigenvalue weighted by Crippen LogP contribution is -2.19. The molecule has 8 nitrogen and oxygen atoms in total. The van der Waals surface area contributed by atoms with Gasteiger partial charge in [-0.05, 0) is 43.2 Å². The Morgan fingerprint density at radius 2 is 1.71 bits per heavy atom. The van der Waals surface area contributed by atoms with Crippen molar-refractivity contribution < 1.29 is 22.3 Å². The van der Waals surface area contributed by atoms with Gasteiger partial charge in [-0.25, -0.2) is 18.5 Å². The van der Waals surface area contributed by atoms with Gasteiger partial charge in [0.05, 0.1) is 17.1 Å². The molecule has 2 aromatic carbocycles. The highest BCUT2D eigenvalue weighted by Crippen LogP contribution is 2.44. The van der Waals surface area contributed by atoms with Gasteiger partial charge in [0.2, 0.25) is 0 Å². The van der Waals surface area contributed by atoms with Crippen molar-refractivity contribution >= 4 is 29.0 Å². The third kappa shape index (κ3) is 6.86. The molecular weight excluding hydrogens is 485 g/mol. The van der Waals surface area contributed by atoms with E-state index in [0.717, 1.165) is 16.7 Å². The van der Waals surface area contributed by atoms with Crippen molar-refractivity contribution in [2.75, 3.05) is 24.4 Å². The van der Waals surface area contributed by atoms with Gasteiger partial charge in [0, 0.05) is 24.7 Å². The number of pyridine rings is 1. The van der Waals surface area contributed by atoms with E-state index in [9.17, 15) is 17.8 Å². The quantitative estimate of drug-likeness (QED) is 0.279. The van der Waals surface area contributed by atoms with Crippen molar-refractivity contribution in [2.45, 2.75) is 32.1 Å². The number of hydrogen-bond acceptors (Lipinski definition) is 7. The lowest BCUT2D eigenvalue weighted by atomic mass is 9.99. The molecule has 0 aliphatic rings. The molecule has 0 radical (unpaired) electrons. The number of nitrogen functional groups attached to an aromatic ring is 1. The van der Waals surface area contributed by atoms with Crippen LogP contribution in [0.1, 0.15) is 35.3 Å². The molecule has 1 unspecified atom stereocenters. The number of nitrogens with zero attached hydrogens (tertiary/aromatic N) is 1. The molecular formula is C25H30N3O5PS. The largest absolute Gasteiger partial charge is 0.383 e. The van der Waals surface area contributed by atoms with Crippen molar-refractivity contribution in [2.24, 2.45) is 0 Å². The standard InChI is InChI=1S/C25H30N3O5PS/c1-4-28-34(30,33-5-2)17-35(31,32)22-12-8-19(9-13-22)14-24(29)23-15-21(16-27-25(23)26)20-10-6-18(3)7-11-20/h6-13,15-16H,4-5,14,17H2,1-3H3,(H2,26,27)(H,28,30). The van der Waals surface area contributed by atoms with Crippen molar-refractivity contribution in [3.63, 3.8) is 0 Å². The molecule has 0 spiro atoms. The maximum absolute atomic E-state index is 13.0. The summed E-state index contributed by atoms with van der Waals surface area (Å²) in [5.74, 6) is -0.0901. The Labute approximate surface area is 206 Å². The predicted octanol–water partition coefficient (Wildman–Crippen LogP) is 4.63. The predicted molar refractivity (Wildman–Crippen MR) is 138 cm³/mol. The van der Waals surface area contributed by atoms with Gasteiger partial charge in [-0.3, -0.25) is 9.36 Å². The molecule has 0 fully saturated rings. The van der Waals surface area contributed by atoms with Gasteiger partial charge in [0.1, 0.15) is 11.3 Å². The molecule has 35 heavy (non-hydrogen) atoms. The molecule has 3 aromatic rings. The number of rotatable bonds is 11. The fourth-order valence-electron chi connectivity index (χ4n) is 3.57. The fourth-order valence-corrected chi connectivity index (χ4v) is 8.16. The molecule has 0 bridgehead atoms. The second-order valence-electron chi connectivity index (χ2n) is 8.11. The number of sulfone groups is 1. The smallest absolute Gasteiger partial charge is 0.285 e. The third-order valence-electron chi connectivity index (χ3n) is 5.33. The van der Waals surface area contributed by atoms with E-state index in [1.165, 1.54) is 12.1 Å². The first-order chi connectivity index (χ1) is 16.6. The minimum Gasteiger partial charge on any atom is -0.383 e. The van der Waals surface area contributed by atoms with Crippen LogP contribution in [-0.2, 0) is 25.3 Å². The molecule has 3 rings (SSSR count). The average molecular weight is 516 g/mol. The van der Waals surface area contributed by atoms with Crippen LogP contribution in [0.25, 0.3) is 11.1 Å². The van der Waals surface area contributed by atoms with Crippen molar-refractivity contribution in [3.8, 4) is 11.1 Å². The summed E-state index contributed by atoms with van der Waals surface area (Å²) in [6, 6.07) is 15.5. The third-order valence-corrected chi connectivity index (χ3v) is 10.5. The van der Waals surface area contributed by atoms with Crippen LogP contribution in [0.3, 0.4) is 0 Å². The molecule has 0 saturated carbocycles. The van der Waals surface area contributed by atoms with Crippen LogP contribution in [0.2, 0.25) is 0 Å². The number of nitrogens with two attached hydrogens (primary N) is 1. The average Bonchev–Trinajstić information content (AvgIpc) is 2.80. The molecule has 3 N–H and O–H groups in total. The number of aryl methyl sites for hydroxylation is 1. The highest BCUT2D eigenvalue weighted by Gasteiger charge is 2.31. The molecule has 0 amide bonds. The number of carbonyl (C=O) groups is 1. The van der Waals surface area contributed by atoms with Crippen LogP contribution >= 0.6 is 7.52 Å². The Balaban J connectivity index is 1.77. The van der Waals surface area contributed by atoms with E-state index in [1.807, 2.05) is 31.2 Å². The van der Waals surface area contributed by atoms with Crippen LogP contribution in [0.15, 0.2) is 65.7 Å². The van der Waals surface area contributed by atoms with E-state index in [-0.39, 0.29) is 29.5 Å². The maximum atomic E-state index is 13.0. The van der Waals surface area contributed by atoms with Crippen molar-refractivity contribution in [1.82, 2.24) is 10.1 Å². The number of hydrogen-bond donors (Lipinski definition) is 2. The van der Waals surface area contributed by atoms with E-state index in [2.05, 4.69) is 10.1 Å². The molecule has 1 aromatic heterocycles. The minimum atomic E-state index is -3.87. The number of anilines is 1. The summed E-state index contributed by atoms with van der Waals surface area (Å²) in [5.41, 5.74) is 9.09. The van der Waals surface area contributed by atoms with Gasteiger partial charge < -0.3 is 10.3 Å². The van der Waals surface area contributed by atoms with Crippen LogP contribution in [0, 0.1) is 6.92 Å². The lowest BCUT2D eigenvalue weighted by Gasteiger charge is -2.18. The van der Waals surface area contributed by atoms with Gasteiger partial charge >= 0.3 is 0 Å². The topological polar surface area (TPSA) is 128 Å². The summed E-state index contributed by atoms with van der Waals surface area (Å²) >= 11 is 0. The number of carbonyl (C=O) groups excluding carboxylic acids is 1. The van der Waals surface area contributed by atoms with Crippen molar-refractivity contribution in [1.29, 1.82) is 0 Å². The highest BCUT2D eigenvalue weighted by molar-refractivity contribution is 7.98. The molecule has 1 atom stereocenters. The Kier molecular flexibility index (Phi) is 8.61. The van der Waals surface area contributed by atoms with Crippen LogP contribution in [0.5, 0.6) is 0 Å². The fraction of sp³-hybridized carbons (Fsp3) is 0.280. The summed E-state index contributed by atoms with van der Waals surface area (Å²) < 4.78 is 43.6. The normalized spacial score (nSPS) is 13.3. The monoisotopic (exact) mass is 515 g/mol. The van der Waals surface area contributed by atoms with E-state index in [1.54, 1.807) is 38.2 Å². The first-order valence-electron chi connectivity index (χ1n) is 11.2. The van der Waals surface area contributed by atoms with Gasteiger partial charge in [-0.15, -0.1) is 0 Å². The van der Waals surface area contributed by atoms with Crippen molar-refractivity contribution in [3.05, 3.63) is 77.5 Å². The van der Waals surface area contributed by atoms with E-state index >= 15 is 0 Å². The summed E-state index contributed by atoms with van der Waals surface area (Å²) in [6.45, 7) is 5.82. The SMILES string of the molecule is CCNP(=O)(CS(=O)(=O)c1ccc(CC(=O)c2cc(-c3ccc(C)cc3)cnc2N)cc1)OCC. The molecule has 0 aliphatic carbocycles.